The Morgan fingerprint density at radius 2 is 1.66 bits per heavy atom. The Morgan fingerprint density at radius 1 is 1.03 bits per heavy atom. The lowest BCUT2D eigenvalue weighted by molar-refractivity contribution is -0.143. The van der Waals surface area contributed by atoms with E-state index in [-0.39, 0.29) is 18.8 Å². The standard InChI is InChI=1S/C26H38N6O5S/c1-4-16(2)22(26(36)37)32-25(35)20(12-17-8-6-5-7-9-17)31-24(34)21(13-18-14-28-15-29-18)30-23(33)19(27)10-11-38-3/h5-9,14-16,19-22H,4,10-13,27H2,1-3H3,(H,28,29)(H,30,33)(H,31,34)(H,32,35)(H,36,37). The third-order valence-electron chi connectivity index (χ3n) is 6.27. The number of thioether (sulfide) groups is 1. The zero-order chi connectivity index (χ0) is 28.1. The molecule has 208 valence electrons. The van der Waals surface area contributed by atoms with Gasteiger partial charge in [-0.1, -0.05) is 50.6 Å². The normalized spacial score (nSPS) is 14.9. The van der Waals surface area contributed by atoms with Crippen molar-refractivity contribution >= 4 is 35.5 Å². The molecule has 38 heavy (non-hydrogen) atoms. The van der Waals surface area contributed by atoms with Gasteiger partial charge in [-0.2, -0.15) is 11.8 Å². The van der Waals surface area contributed by atoms with Crippen molar-refractivity contribution in [1.82, 2.24) is 25.9 Å². The minimum Gasteiger partial charge on any atom is -0.480 e. The molecule has 0 fully saturated rings. The van der Waals surface area contributed by atoms with Crippen LogP contribution in [0.25, 0.3) is 0 Å². The van der Waals surface area contributed by atoms with E-state index in [0.29, 0.717) is 24.3 Å². The Bertz CT molecular complexity index is 1040. The molecule has 0 saturated carbocycles. The highest BCUT2D eigenvalue weighted by Gasteiger charge is 2.32. The van der Waals surface area contributed by atoms with Gasteiger partial charge in [0.25, 0.3) is 0 Å². The second-order valence-electron chi connectivity index (χ2n) is 9.19. The van der Waals surface area contributed by atoms with Crippen molar-refractivity contribution in [2.24, 2.45) is 11.7 Å². The number of amides is 3. The second kappa shape index (κ2) is 15.8. The first-order chi connectivity index (χ1) is 18.2. The molecule has 2 aromatic rings. The Kier molecular flexibility index (Phi) is 12.8. The number of hydrogen-bond donors (Lipinski definition) is 6. The maximum absolute atomic E-state index is 13.5. The summed E-state index contributed by atoms with van der Waals surface area (Å²) >= 11 is 1.56. The van der Waals surface area contributed by atoms with E-state index >= 15 is 0 Å². The molecule has 2 rings (SSSR count). The van der Waals surface area contributed by atoms with Gasteiger partial charge in [0.15, 0.2) is 0 Å². The van der Waals surface area contributed by atoms with Gasteiger partial charge in [-0.05, 0) is 29.9 Å². The Morgan fingerprint density at radius 3 is 2.24 bits per heavy atom. The van der Waals surface area contributed by atoms with E-state index < -0.39 is 47.9 Å². The van der Waals surface area contributed by atoms with Crippen molar-refractivity contribution in [3.05, 3.63) is 54.1 Å². The molecule has 5 unspecified atom stereocenters. The number of carbonyl (C=O) groups excluding carboxylic acids is 3. The summed E-state index contributed by atoms with van der Waals surface area (Å²) in [6.45, 7) is 3.57. The molecule has 11 nitrogen and oxygen atoms in total. The van der Waals surface area contributed by atoms with E-state index in [0.717, 1.165) is 5.56 Å². The summed E-state index contributed by atoms with van der Waals surface area (Å²) < 4.78 is 0. The fourth-order valence-electron chi connectivity index (χ4n) is 3.75. The monoisotopic (exact) mass is 546 g/mol. The molecule has 0 bridgehead atoms. The van der Waals surface area contributed by atoms with Crippen LogP contribution < -0.4 is 21.7 Å². The molecule has 0 aliphatic heterocycles. The highest BCUT2D eigenvalue weighted by molar-refractivity contribution is 7.98. The Labute approximate surface area is 227 Å². The number of nitrogens with two attached hydrogens (primary N) is 1. The van der Waals surface area contributed by atoms with Gasteiger partial charge in [-0.3, -0.25) is 14.4 Å². The first-order valence-corrected chi connectivity index (χ1v) is 13.9. The molecule has 12 heteroatoms. The van der Waals surface area contributed by atoms with E-state index in [1.165, 1.54) is 12.5 Å². The number of benzene rings is 1. The molecule has 5 atom stereocenters. The topological polar surface area (TPSA) is 179 Å². The number of aromatic nitrogens is 2. The predicted molar refractivity (Wildman–Crippen MR) is 146 cm³/mol. The van der Waals surface area contributed by atoms with Gasteiger partial charge in [0.1, 0.15) is 18.1 Å². The Balaban J connectivity index is 2.27. The van der Waals surface area contributed by atoms with Crippen molar-refractivity contribution in [3.8, 4) is 0 Å². The van der Waals surface area contributed by atoms with E-state index in [1.54, 1.807) is 18.7 Å². The summed E-state index contributed by atoms with van der Waals surface area (Å²) in [5, 5.41) is 17.7. The van der Waals surface area contributed by atoms with Gasteiger partial charge >= 0.3 is 5.97 Å². The smallest absolute Gasteiger partial charge is 0.326 e. The van der Waals surface area contributed by atoms with Gasteiger partial charge in [-0.15, -0.1) is 0 Å². The van der Waals surface area contributed by atoms with Crippen molar-refractivity contribution < 1.29 is 24.3 Å². The lowest BCUT2D eigenvalue weighted by Gasteiger charge is -2.26. The fraction of sp³-hybridized carbons (Fsp3) is 0.500. The number of H-pyrrole nitrogens is 1. The molecular formula is C26H38N6O5S. The quantitative estimate of drug-likeness (QED) is 0.179. The number of carbonyl (C=O) groups is 4. The number of aliphatic carboxylic acids is 1. The molecule has 0 radical (unpaired) electrons. The van der Waals surface area contributed by atoms with E-state index in [1.807, 2.05) is 43.5 Å². The molecule has 0 aliphatic carbocycles. The van der Waals surface area contributed by atoms with Crippen LogP contribution in [0.3, 0.4) is 0 Å². The van der Waals surface area contributed by atoms with Crippen LogP contribution >= 0.6 is 11.8 Å². The second-order valence-corrected chi connectivity index (χ2v) is 10.2. The molecule has 1 aromatic carbocycles. The summed E-state index contributed by atoms with van der Waals surface area (Å²) in [5.74, 6) is -2.49. The van der Waals surface area contributed by atoms with Crippen LogP contribution in [0.15, 0.2) is 42.9 Å². The maximum atomic E-state index is 13.5. The highest BCUT2D eigenvalue weighted by atomic mass is 32.2. The number of nitrogens with one attached hydrogen (secondary N) is 4. The number of nitrogens with zero attached hydrogens (tertiary/aromatic N) is 1. The van der Waals surface area contributed by atoms with Crippen molar-refractivity contribution in [3.63, 3.8) is 0 Å². The van der Waals surface area contributed by atoms with E-state index in [4.69, 9.17) is 5.73 Å². The van der Waals surface area contributed by atoms with Gasteiger partial charge < -0.3 is 31.8 Å². The fourth-order valence-corrected chi connectivity index (χ4v) is 4.24. The van der Waals surface area contributed by atoms with Crippen LogP contribution in [-0.2, 0) is 32.0 Å². The minimum absolute atomic E-state index is 0.0944. The van der Waals surface area contributed by atoms with Crippen LogP contribution in [0.2, 0.25) is 0 Å². The molecule has 1 heterocycles. The molecular weight excluding hydrogens is 508 g/mol. The summed E-state index contributed by atoms with van der Waals surface area (Å²) in [5.41, 5.74) is 7.39. The molecule has 1 aromatic heterocycles. The maximum Gasteiger partial charge on any atom is 0.326 e. The Hall–Kier alpha value is -3.38. The van der Waals surface area contributed by atoms with Crippen molar-refractivity contribution in [2.75, 3.05) is 12.0 Å². The van der Waals surface area contributed by atoms with Gasteiger partial charge in [0.05, 0.1) is 12.4 Å². The van der Waals surface area contributed by atoms with E-state index in [2.05, 4.69) is 25.9 Å². The van der Waals surface area contributed by atoms with Crippen molar-refractivity contribution in [1.29, 1.82) is 0 Å². The third-order valence-corrected chi connectivity index (χ3v) is 6.92. The lowest BCUT2D eigenvalue weighted by Crippen LogP contribution is -2.58. The molecule has 0 aliphatic rings. The summed E-state index contributed by atoms with van der Waals surface area (Å²) in [7, 11) is 0. The van der Waals surface area contributed by atoms with Crippen molar-refractivity contribution in [2.45, 2.75) is 63.7 Å². The number of aromatic amines is 1. The average molecular weight is 547 g/mol. The van der Waals surface area contributed by atoms with Crippen LogP contribution in [0.4, 0.5) is 0 Å². The van der Waals surface area contributed by atoms with Crippen LogP contribution in [0.5, 0.6) is 0 Å². The molecule has 0 spiro atoms. The average Bonchev–Trinajstić information content (AvgIpc) is 3.42. The zero-order valence-electron chi connectivity index (χ0n) is 22.0. The highest BCUT2D eigenvalue weighted by Crippen LogP contribution is 2.11. The van der Waals surface area contributed by atoms with E-state index in [9.17, 15) is 24.3 Å². The number of imidazole rings is 1. The first-order valence-electron chi connectivity index (χ1n) is 12.6. The number of carboxylic acids is 1. The number of carboxylic acid groups (broad SMARTS) is 1. The van der Waals surface area contributed by atoms with Crippen LogP contribution in [0.1, 0.15) is 37.9 Å². The minimum atomic E-state index is -1.15. The zero-order valence-corrected chi connectivity index (χ0v) is 22.8. The molecule has 0 saturated heterocycles. The van der Waals surface area contributed by atoms with Crippen LogP contribution in [0, 0.1) is 5.92 Å². The first kappa shape index (κ1) is 30.8. The predicted octanol–water partition coefficient (Wildman–Crippen LogP) is 0.860. The van der Waals surface area contributed by atoms with Gasteiger partial charge in [0, 0.05) is 24.7 Å². The largest absolute Gasteiger partial charge is 0.480 e. The number of rotatable bonds is 16. The van der Waals surface area contributed by atoms with Gasteiger partial charge in [0.2, 0.25) is 17.7 Å². The molecule has 3 amide bonds. The number of hydrogen-bond acceptors (Lipinski definition) is 7. The summed E-state index contributed by atoms with van der Waals surface area (Å²) in [6.07, 6.45) is 6.12. The van der Waals surface area contributed by atoms with Crippen LogP contribution in [-0.4, -0.2) is 74.9 Å². The van der Waals surface area contributed by atoms with Gasteiger partial charge in [-0.25, -0.2) is 9.78 Å². The summed E-state index contributed by atoms with van der Waals surface area (Å²) in [4.78, 5) is 58.2. The third kappa shape index (κ3) is 9.82. The summed E-state index contributed by atoms with van der Waals surface area (Å²) in [6, 6.07) is 5.03. The molecule has 7 N–H and O–H groups in total. The SMILES string of the molecule is CCC(C)C(NC(=O)C(Cc1ccccc1)NC(=O)C(Cc1cnc[nH]1)NC(=O)C(N)CCSC)C(=O)O. The lowest BCUT2D eigenvalue weighted by atomic mass is 9.98.